The topological polar surface area (TPSA) is 32.8 Å². The summed E-state index contributed by atoms with van der Waals surface area (Å²) in [7, 11) is 3.54. The second-order valence-corrected chi connectivity index (χ2v) is 5.76. The molecule has 1 fully saturated rings. The van der Waals surface area contributed by atoms with E-state index in [4.69, 9.17) is 4.74 Å². The van der Waals surface area contributed by atoms with E-state index in [2.05, 4.69) is 11.0 Å². The molecule has 1 aliphatic heterocycles. The Hall–Kier alpha value is -1.39. The van der Waals surface area contributed by atoms with E-state index >= 15 is 0 Å². The van der Waals surface area contributed by atoms with Gasteiger partial charge in [-0.2, -0.15) is 0 Å². The van der Waals surface area contributed by atoms with Crippen molar-refractivity contribution in [2.24, 2.45) is 0 Å². The standard InChI is InChI=1S/C17H26N2O2/c1-18(9-6-12-21-2)17(20)16-8-5-7-15(13-16)14-19-10-3-4-11-19/h5,7-8,13H,3-4,6,9-12,14H2,1-2H3. The first-order valence-corrected chi connectivity index (χ1v) is 7.76. The summed E-state index contributed by atoms with van der Waals surface area (Å²) in [4.78, 5) is 16.6. The second kappa shape index (κ2) is 8.15. The average molecular weight is 290 g/mol. The van der Waals surface area contributed by atoms with Crippen molar-refractivity contribution in [2.45, 2.75) is 25.8 Å². The molecule has 21 heavy (non-hydrogen) atoms. The van der Waals surface area contributed by atoms with Gasteiger partial charge in [-0.1, -0.05) is 12.1 Å². The first kappa shape index (κ1) is 16.0. The quantitative estimate of drug-likeness (QED) is 0.723. The summed E-state index contributed by atoms with van der Waals surface area (Å²) in [6.45, 7) is 4.72. The molecule has 0 bridgehead atoms. The molecule has 4 nitrogen and oxygen atoms in total. The van der Waals surface area contributed by atoms with Gasteiger partial charge < -0.3 is 9.64 Å². The number of ether oxygens (including phenoxy) is 1. The maximum atomic E-state index is 12.4. The van der Waals surface area contributed by atoms with Crippen LogP contribution in [-0.4, -0.2) is 56.1 Å². The van der Waals surface area contributed by atoms with E-state index in [1.165, 1.54) is 31.5 Å². The molecule has 1 aromatic rings. The fourth-order valence-corrected chi connectivity index (χ4v) is 2.77. The van der Waals surface area contributed by atoms with Gasteiger partial charge in [0.05, 0.1) is 0 Å². The third-order valence-corrected chi connectivity index (χ3v) is 3.97. The molecule has 0 saturated carbocycles. The molecule has 1 aliphatic rings. The van der Waals surface area contributed by atoms with Crippen LogP contribution in [0.1, 0.15) is 35.2 Å². The highest BCUT2D eigenvalue weighted by molar-refractivity contribution is 5.94. The van der Waals surface area contributed by atoms with E-state index in [9.17, 15) is 4.79 Å². The number of likely N-dealkylation sites (tertiary alicyclic amines) is 1. The van der Waals surface area contributed by atoms with Crippen LogP contribution < -0.4 is 0 Å². The SMILES string of the molecule is COCCCN(C)C(=O)c1cccc(CN2CCCC2)c1. The number of carbonyl (C=O) groups excluding carboxylic acids is 1. The maximum absolute atomic E-state index is 12.4. The summed E-state index contributed by atoms with van der Waals surface area (Å²) in [5.74, 6) is 0.0920. The van der Waals surface area contributed by atoms with Gasteiger partial charge in [0.25, 0.3) is 5.91 Å². The molecule has 0 N–H and O–H groups in total. The Kier molecular flexibility index (Phi) is 6.21. The zero-order chi connectivity index (χ0) is 15.1. The highest BCUT2D eigenvalue weighted by Crippen LogP contribution is 2.14. The van der Waals surface area contributed by atoms with Gasteiger partial charge in [-0.25, -0.2) is 0 Å². The summed E-state index contributed by atoms with van der Waals surface area (Å²) < 4.78 is 5.03. The predicted molar refractivity (Wildman–Crippen MR) is 84.4 cm³/mol. The Bertz CT molecular complexity index is 456. The fourth-order valence-electron chi connectivity index (χ4n) is 2.77. The van der Waals surface area contributed by atoms with Gasteiger partial charge in [-0.15, -0.1) is 0 Å². The summed E-state index contributed by atoms with van der Waals surface area (Å²) in [6, 6.07) is 8.04. The van der Waals surface area contributed by atoms with Crippen LogP contribution in [0, 0.1) is 0 Å². The molecule has 0 spiro atoms. The van der Waals surface area contributed by atoms with Crippen molar-refractivity contribution in [1.82, 2.24) is 9.80 Å². The number of carbonyl (C=O) groups is 1. The number of methoxy groups -OCH3 is 1. The highest BCUT2D eigenvalue weighted by Gasteiger charge is 2.14. The zero-order valence-electron chi connectivity index (χ0n) is 13.2. The van der Waals surface area contributed by atoms with Crippen LogP contribution in [0.15, 0.2) is 24.3 Å². The van der Waals surface area contributed by atoms with E-state index in [1.54, 1.807) is 12.0 Å². The first-order chi connectivity index (χ1) is 10.2. The number of hydrogen-bond donors (Lipinski definition) is 0. The largest absolute Gasteiger partial charge is 0.385 e. The van der Waals surface area contributed by atoms with Gasteiger partial charge >= 0.3 is 0 Å². The van der Waals surface area contributed by atoms with Crippen molar-refractivity contribution in [3.63, 3.8) is 0 Å². The van der Waals surface area contributed by atoms with Crippen molar-refractivity contribution >= 4 is 5.91 Å². The van der Waals surface area contributed by atoms with Crippen LogP contribution >= 0.6 is 0 Å². The van der Waals surface area contributed by atoms with Gasteiger partial charge in [0, 0.05) is 39.4 Å². The lowest BCUT2D eigenvalue weighted by Gasteiger charge is -2.18. The van der Waals surface area contributed by atoms with E-state index < -0.39 is 0 Å². The Morgan fingerprint density at radius 3 is 2.81 bits per heavy atom. The summed E-state index contributed by atoms with van der Waals surface area (Å²) >= 11 is 0. The molecule has 1 aromatic carbocycles. The van der Waals surface area contributed by atoms with Gasteiger partial charge in [0.15, 0.2) is 0 Å². The predicted octanol–water partition coefficient (Wildman–Crippen LogP) is 2.39. The molecule has 2 rings (SSSR count). The lowest BCUT2D eigenvalue weighted by Crippen LogP contribution is -2.28. The Morgan fingerprint density at radius 2 is 2.10 bits per heavy atom. The van der Waals surface area contributed by atoms with Crippen molar-refractivity contribution < 1.29 is 9.53 Å². The Morgan fingerprint density at radius 1 is 1.33 bits per heavy atom. The van der Waals surface area contributed by atoms with Crippen LogP contribution in [0.2, 0.25) is 0 Å². The molecular weight excluding hydrogens is 264 g/mol. The minimum Gasteiger partial charge on any atom is -0.385 e. The summed E-state index contributed by atoms with van der Waals surface area (Å²) in [6.07, 6.45) is 3.45. The lowest BCUT2D eigenvalue weighted by atomic mass is 10.1. The first-order valence-electron chi connectivity index (χ1n) is 7.76. The third kappa shape index (κ3) is 4.83. The molecule has 1 heterocycles. The average Bonchev–Trinajstić information content (AvgIpc) is 3.00. The zero-order valence-corrected chi connectivity index (χ0v) is 13.2. The maximum Gasteiger partial charge on any atom is 0.253 e. The van der Waals surface area contributed by atoms with Crippen molar-refractivity contribution in [3.05, 3.63) is 35.4 Å². The molecule has 1 amide bonds. The molecule has 0 unspecified atom stereocenters. The van der Waals surface area contributed by atoms with E-state index in [0.717, 1.165) is 25.1 Å². The number of amides is 1. The van der Waals surface area contributed by atoms with Gasteiger partial charge in [0.2, 0.25) is 0 Å². The van der Waals surface area contributed by atoms with Gasteiger partial charge in [-0.05, 0) is 50.0 Å². The van der Waals surface area contributed by atoms with Crippen LogP contribution in [0.25, 0.3) is 0 Å². The van der Waals surface area contributed by atoms with Crippen LogP contribution in [-0.2, 0) is 11.3 Å². The van der Waals surface area contributed by atoms with Crippen LogP contribution in [0.4, 0.5) is 0 Å². The molecule has 1 saturated heterocycles. The number of nitrogens with zero attached hydrogens (tertiary/aromatic N) is 2. The van der Waals surface area contributed by atoms with Crippen molar-refractivity contribution in [2.75, 3.05) is 40.4 Å². The van der Waals surface area contributed by atoms with Crippen LogP contribution in [0.3, 0.4) is 0 Å². The number of rotatable bonds is 7. The molecule has 0 atom stereocenters. The molecular formula is C17H26N2O2. The van der Waals surface area contributed by atoms with Crippen molar-refractivity contribution in [1.29, 1.82) is 0 Å². The molecule has 0 radical (unpaired) electrons. The smallest absolute Gasteiger partial charge is 0.253 e. The van der Waals surface area contributed by atoms with E-state index in [0.29, 0.717) is 6.61 Å². The van der Waals surface area contributed by atoms with Crippen molar-refractivity contribution in [3.8, 4) is 0 Å². The Labute approximate surface area is 127 Å². The lowest BCUT2D eigenvalue weighted by molar-refractivity contribution is 0.0779. The molecule has 4 heteroatoms. The van der Waals surface area contributed by atoms with Gasteiger partial charge in [-0.3, -0.25) is 9.69 Å². The summed E-state index contributed by atoms with van der Waals surface area (Å²) in [5.41, 5.74) is 2.01. The normalized spacial score (nSPS) is 15.3. The Balaban J connectivity index is 1.93. The van der Waals surface area contributed by atoms with E-state index in [-0.39, 0.29) is 5.91 Å². The molecule has 0 aliphatic carbocycles. The van der Waals surface area contributed by atoms with E-state index in [1.807, 2.05) is 25.2 Å². The minimum atomic E-state index is 0.0920. The number of hydrogen-bond acceptors (Lipinski definition) is 3. The second-order valence-electron chi connectivity index (χ2n) is 5.76. The van der Waals surface area contributed by atoms with Gasteiger partial charge in [0.1, 0.15) is 0 Å². The minimum absolute atomic E-state index is 0.0920. The third-order valence-electron chi connectivity index (χ3n) is 3.97. The monoisotopic (exact) mass is 290 g/mol. The number of benzene rings is 1. The highest BCUT2D eigenvalue weighted by atomic mass is 16.5. The fraction of sp³-hybridized carbons (Fsp3) is 0.588. The molecule has 0 aromatic heterocycles. The summed E-state index contributed by atoms with van der Waals surface area (Å²) in [5, 5.41) is 0. The van der Waals surface area contributed by atoms with Crippen LogP contribution in [0.5, 0.6) is 0 Å². The molecule has 116 valence electrons.